The number of fused-ring (bicyclic) bond motifs is 8. The molecule has 0 radical (unpaired) electrons. The lowest BCUT2D eigenvalue weighted by atomic mass is 9.85. The highest BCUT2D eigenvalue weighted by molar-refractivity contribution is 7.26. The molecule has 4 heteroatoms. The monoisotopic (exact) mass is 620 g/mol. The third-order valence-corrected chi connectivity index (χ3v) is 10.8. The number of nitrogens with zero attached hydrogens (tertiary/aromatic N) is 2. The number of oxazole rings is 1. The zero-order chi connectivity index (χ0) is 30.9. The van der Waals surface area contributed by atoms with Crippen LogP contribution in [-0.4, -0.2) is 11.0 Å². The number of hydrogen-bond acceptors (Lipinski definition) is 4. The summed E-state index contributed by atoms with van der Waals surface area (Å²) in [6, 6.07) is 50.0. The van der Waals surface area contributed by atoms with E-state index in [9.17, 15) is 0 Å². The second-order valence-electron chi connectivity index (χ2n) is 12.3. The second kappa shape index (κ2) is 10.4. The van der Waals surface area contributed by atoms with Crippen LogP contribution < -0.4 is 4.90 Å². The molecule has 8 aromatic rings. The Morgan fingerprint density at radius 2 is 1.38 bits per heavy atom. The first kappa shape index (κ1) is 26.5. The lowest BCUT2D eigenvalue weighted by molar-refractivity contribution is 0.623. The molecule has 2 aromatic heterocycles. The fraction of sp³-hybridized carbons (Fsp3) is 0.0465. The topological polar surface area (TPSA) is 29.3 Å². The Morgan fingerprint density at radius 3 is 2.21 bits per heavy atom. The third-order valence-electron chi connectivity index (χ3n) is 9.65. The summed E-state index contributed by atoms with van der Waals surface area (Å²) in [5.74, 6) is 0.878. The van der Waals surface area contributed by atoms with Crippen molar-refractivity contribution in [3.8, 4) is 22.6 Å². The van der Waals surface area contributed by atoms with E-state index in [0.29, 0.717) is 5.89 Å². The van der Waals surface area contributed by atoms with E-state index in [1.807, 2.05) is 0 Å². The van der Waals surface area contributed by atoms with Gasteiger partial charge >= 0.3 is 0 Å². The Hall–Kier alpha value is -5.71. The molecule has 47 heavy (non-hydrogen) atoms. The summed E-state index contributed by atoms with van der Waals surface area (Å²) in [6.45, 7) is 0. The summed E-state index contributed by atoms with van der Waals surface area (Å²) in [5, 5.41) is 2.37. The lowest BCUT2D eigenvalue weighted by Crippen LogP contribution is -2.28. The molecule has 0 fully saturated rings. The van der Waals surface area contributed by atoms with Crippen LogP contribution >= 0.6 is 11.3 Å². The van der Waals surface area contributed by atoms with Crippen LogP contribution in [-0.2, 0) is 0 Å². The highest BCUT2D eigenvalue weighted by Gasteiger charge is 2.38. The maximum Gasteiger partial charge on any atom is 0.227 e. The number of benzene rings is 6. The second-order valence-corrected chi connectivity index (χ2v) is 13.4. The minimum Gasteiger partial charge on any atom is -0.435 e. The van der Waals surface area contributed by atoms with Gasteiger partial charge in [0.05, 0.1) is 6.04 Å². The molecule has 0 bridgehead atoms. The normalized spacial score (nSPS) is 16.9. The first-order chi connectivity index (χ1) is 23.3. The molecule has 3 nitrogen and oxygen atoms in total. The Morgan fingerprint density at radius 1 is 0.638 bits per heavy atom. The van der Waals surface area contributed by atoms with Gasteiger partial charge in [-0.05, 0) is 82.4 Å². The van der Waals surface area contributed by atoms with Crippen molar-refractivity contribution in [2.75, 3.05) is 4.90 Å². The molecule has 3 heterocycles. The minimum absolute atomic E-state index is 0.179. The van der Waals surface area contributed by atoms with Crippen LogP contribution in [0, 0.1) is 0 Å². The number of thiophene rings is 1. The predicted molar refractivity (Wildman–Crippen MR) is 196 cm³/mol. The van der Waals surface area contributed by atoms with Crippen molar-refractivity contribution in [3.63, 3.8) is 0 Å². The highest BCUT2D eigenvalue weighted by atomic mass is 32.1. The molecule has 0 saturated heterocycles. The van der Waals surface area contributed by atoms with E-state index in [2.05, 4.69) is 163 Å². The van der Waals surface area contributed by atoms with Gasteiger partial charge < -0.3 is 9.32 Å². The zero-order valence-corrected chi connectivity index (χ0v) is 26.2. The van der Waals surface area contributed by atoms with E-state index < -0.39 is 0 Å². The maximum atomic E-state index is 6.51. The molecule has 0 spiro atoms. The molecule has 6 aromatic carbocycles. The van der Waals surface area contributed by atoms with Crippen LogP contribution in [0.15, 0.2) is 162 Å². The number of rotatable bonds is 4. The van der Waals surface area contributed by atoms with Gasteiger partial charge in [0.1, 0.15) is 5.52 Å². The van der Waals surface area contributed by atoms with Crippen molar-refractivity contribution in [2.24, 2.45) is 0 Å². The maximum absolute atomic E-state index is 6.51. The van der Waals surface area contributed by atoms with Crippen molar-refractivity contribution in [2.45, 2.75) is 12.0 Å². The van der Waals surface area contributed by atoms with E-state index in [-0.39, 0.29) is 12.0 Å². The molecule has 2 unspecified atom stereocenters. The fourth-order valence-corrected chi connectivity index (χ4v) is 8.52. The summed E-state index contributed by atoms with van der Waals surface area (Å²) < 4.78 is 9.00. The predicted octanol–water partition coefficient (Wildman–Crippen LogP) is 11.8. The van der Waals surface area contributed by atoms with E-state index in [0.717, 1.165) is 27.7 Å². The largest absolute Gasteiger partial charge is 0.435 e. The lowest BCUT2D eigenvalue weighted by Gasteiger charge is -2.30. The van der Waals surface area contributed by atoms with Gasteiger partial charge in [0, 0.05) is 43.0 Å². The van der Waals surface area contributed by atoms with E-state index >= 15 is 0 Å². The van der Waals surface area contributed by atoms with Gasteiger partial charge in [0.15, 0.2) is 5.58 Å². The van der Waals surface area contributed by atoms with Gasteiger partial charge in [0.25, 0.3) is 0 Å². The smallest absolute Gasteiger partial charge is 0.227 e. The molecule has 2 atom stereocenters. The summed E-state index contributed by atoms with van der Waals surface area (Å²) in [7, 11) is 0. The number of hydrogen-bond donors (Lipinski definition) is 0. The van der Waals surface area contributed by atoms with Crippen molar-refractivity contribution in [3.05, 3.63) is 169 Å². The number of aromatic nitrogens is 1. The van der Waals surface area contributed by atoms with Crippen molar-refractivity contribution in [1.29, 1.82) is 0 Å². The van der Waals surface area contributed by atoms with Crippen LogP contribution in [0.2, 0.25) is 0 Å². The van der Waals surface area contributed by atoms with Crippen molar-refractivity contribution >= 4 is 59.6 Å². The van der Waals surface area contributed by atoms with Gasteiger partial charge in [-0.1, -0.05) is 103 Å². The SMILES string of the molecule is C1=CC2C(C=C1c1ccccc1)c1cc(-c3ccccc3)ccc1N2c1ccc(-c2nc3ccc4sc5ccccc5c4c3o2)cc1. The quantitative estimate of drug-likeness (QED) is 0.196. The molecule has 0 saturated carbocycles. The Balaban J connectivity index is 1.05. The van der Waals surface area contributed by atoms with Gasteiger partial charge in [-0.15, -0.1) is 11.3 Å². The molecule has 0 N–H and O–H groups in total. The summed E-state index contributed by atoms with van der Waals surface area (Å²) in [5.41, 5.74) is 11.5. The summed E-state index contributed by atoms with van der Waals surface area (Å²) in [4.78, 5) is 7.42. The molecular formula is C43H28N2OS. The summed E-state index contributed by atoms with van der Waals surface area (Å²) >= 11 is 1.80. The first-order valence-corrected chi connectivity index (χ1v) is 16.9. The van der Waals surface area contributed by atoms with Gasteiger partial charge in [-0.3, -0.25) is 0 Å². The van der Waals surface area contributed by atoms with Crippen LogP contribution in [0.3, 0.4) is 0 Å². The van der Waals surface area contributed by atoms with Gasteiger partial charge in [-0.2, -0.15) is 0 Å². The fourth-order valence-electron chi connectivity index (χ4n) is 7.42. The molecule has 1 aliphatic heterocycles. The molecule has 1 aliphatic carbocycles. The number of anilines is 2. The van der Waals surface area contributed by atoms with E-state index in [1.165, 1.54) is 48.3 Å². The molecule has 2 aliphatic rings. The Labute approximate surface area is 276 Å². The first-order valence-electron chi connectivity index (χ1n) is 16.0. The number of allylic oxidation sites excluding steroid dienone is 2. The van der Waals surface area contributed by atoms with E-state index in [1.54, 1.807) is 11.3 Å². The van der Waals surface area contributed by atoms with E-state index in [4.69, 9.17) is 9.40 Å². The average molecular weight is 621 g/mol. The molecular weight excluding hydrogens is 593 g/mol. The van der Waals surface area contributed by atoms with Crippen LogP contribution in [0.25, 0.3) is 59.4 Å². The van der Waals surface area contributed by atoms with Crippen LogP contribution in [0.5, 0.6) is 0 Å². The van der Waals surface area contributed by atoms with Crippen LogP contribution in [0.1, 0.15) is 17.0 Å². The summed E-state index contributed by atoms with van der Waals surface area (Å²) in [6.07, 6.45) is 7.12. The van der Waals surface area contributed by atoms with Gasteiger partial charge in [0.2, 0.25) is 5.89 Å². The third kappa shape index (κ3) is 4.22. The zero-order valence-electron chi connectivity index (χ0n) is 25.4. The van der Waals surface area contributed by atoms with Crippen molar-refractivity contribution < 1.29 is 4.42 Å². The van der Waals surface area contributed by atoms with Crippen molar-refractivity contribution in [1.82, 2.24) is 4.98 Å². The molecule has 0 amide bonds. The standard InChI is InChI=1S/C43H28N2OS/c1-3-9-27(10-4-1)30-17-22-37-34(25-30)35-26-31(28-11-5-2-6-12-28)18-23-38(35)45(37)32-19-15-29(16-20-32)43-44-36-21-24-40-41(42(36)46-43)33-13-7-8-14-39(33)47-40/h1-26,34,37H. The molecule has 10 rings (SSSR count). The average Bonchev–Trinajstić information content (AvgIpc) is 3.83. The molecule has 222 valence electrons. The highest BCUT2D eigenvalue weighted by Crippen LogP contribution is 2.50. The minimum atomic E-state index is 0.179. The Kier molecular flexibility index (Phi) is 5.87. The van der Waals surface area contributed by atoms with Gasteiger partial charge in [-0.25, -0.2) is 4.98 Å². The Bertz CT molecular complexity index is 2520. The van der Waals surface area contributed by atoms with Crippen LogP contribution in [0.4, 0.5) is 11.4 Å².